The van der Waals surface area contributed by atoms with Gasteiger partial charge >= 0.3 is 0 Å². The minimum atomic E-state index is -4.01. The van der Waals surface area contributed by atoms with Gasteiger partial charge in [0.2, 0.25) is 10.0 Å². The number of nitrogens with one attached hydrogen (secondary N) is 2. The van der Waals surface area contributed by atoms with Crippen LogP contribution in [-0.2, 0) is 27.1 Å². The molecular formula is C20H24N4O4S3. The van der Waals surface area contributed by atoms with Crippen molar-refractivity contribution >= 4 is 43.2 Å². The smallest absolute Gasteiger partial charge is 0.262 e. The van der Waals surface area contributed by atoms with Crippen LogP contribution < -0.4 is 9.44 Å². The molecule has 0 saturated heterocycles. The molecule has 0 aliphatic rings. The maximum absolute atomic E-state index is 13.4. The molecule has 0 unspecified atom stereocenters. The SMILES string of the molecule is Cc1cc(C)c(S(=O)(=O)Nc2ccccc2Sc2nccn2C)c(C)c1NS(C)(=O)=O. The quantitative estimate of drug-likeness (QED) is 0.534. The summed E-state index contributed by atoms with van der Waals surface area (Å²) in [5, 5.41) is 0.717. The monoisotopic (exact) mass is 480 g/mol. The van der Waals surface area contributed by atoms with E-state index in [0.717, 1.165) is 6.26 Å². The Hall–Kier alpha value is -2.50. The summed E-state index contributed by atoms with van der Waals surface area (Å²) >= 11 is 1.34. The van der Waals surface area contributed by atoms with E-state index in [9.17, 15) is 16.8 Å². The van der Waals surface area contributed by atoms with Crippen LogP contribution in [-0.4, -0.2) is 32.6 Å². The van der Waals surface area contributed by atoms with E-state index in [0.29, 0.717) is 32.4 Å². The second kappa shape index (κ2) is 8.56. The van der Waals surface area contributed by atoms with E-state index in [-0.39, 0.29) is 10.6 Å². The van der Waals surface area contributed by atoms with E-state index < -0.39 is 20.0 Å². The van der Waals surface area contributed by atoms with Crippen molar-refractivity contribution in [3.05, 3.63) is 59.4 Å². The first-order valence-corrected chi connectivity index (χ1v) is 13.4. The first-order valence-electron chi connectivity index (χ1n) is 9.24. The van der Waals surface area contributed by atoms with Gasteiger partial charge in [-0.1, -0.05) is 18.2 Å². The van der Waals surface area contributed by atoms with E-state index in [4.69, 9.17) is 0 Å². The van der Waals surface area contributed by atoms with E-state index in [1.165, 1.54) is 11.8 Å². The number of hydrogen-bond donors (Lipinski definition) is 2. The predicted molar refractivity (Wildman–Crippen MR) is 124 cm³/mol. The second-order valence-electron chi connectivity index (χ2n) is 7.24. The fourth-order valence-electron chi connectivity index (χ4n) is 3.31. The van der Waals surface area contributed by atoms with Gasteiger partial charge < -0.3 is 4.57 Å². The number of sulfonamides is 2. The molecule has 8 nitrogen and oxygen atoms in total. The van der Waals surface area contributed by atoms with Crippen molar-refractivity contribution in [2.45, 2.75) is 35.7 Å². The molecule has 0 aliphatic heterocycles. The average Bonchev–Trinajstić information content (AvgIpc) is 3.03. The van der Waals surface area contributed by atoms with Gasteiger partial charge in [-0.15, -0.1) is 0 Å². The molecule has 0 bridgehead atoms. The van der Waals surface area contributed by atoms with Crippen molar-refractivity contribution in [2.24, 2.45) is 7.05 Å². The summed E-state index contributed by atoms with van der Waals surface area (Å²) in [6.07, 6.45) is 4.51. The lowest BCUT2D eigenvalue weighted by atomic mass is 10.1. The van der Waals surface area contributed by atoms with Crippen molar-refractivity contribution in [1.29, 1.82) is 0 Å². The highest BCUT2D eigenvalue weighted by Crippen LogP contribution is 2.36. The fraction of sp³-hybridized carbons (Fsp3) is 0.250. The Kier molecular flexibility index (Phi) is 6.40. The fourth-order valence-corrected chi connectivity index (χ4v) is 6.51. The van der Waals surface area contributed by atoms with Crippen LogP contribution in [0.1, 0.15) is 16.7 Å². The number of hydrogen-bond acceptors (Lipinski definition) is 6. The second-order valence-corrected chi connectivity index (χ2v) is 11.6. The summed E-state index contributed by atoms with van der Waals surface area (Å²) in [5.41, 5.74) is 2.18. The highest BCUT2D eigenvalue weighted by Gasteiger charge is 2.25. The predicted octanol–water partition coefficient (Wildman–Crippen LogP) is 3.67. The van der Waals surface area contributed by atoms with Crippen LogP contribution in [0.5, 0.6) is 0 Å². The number of para-hydroxylation sites is 1. The normalized spacial score (nSPS) is 12.0. The number of nitrogens with zero attached hydrogens (tertiary/aromatic N) is 2. The van der Waals surface area contributed by atoms with E-state index in [1.807, 2.05) is 29.9 Å². The van der Waals surface area contributed by atoms with Crippen molar-refractivity contribution in [1.82, 2.24) is 9.55 Å². The molecule has 0 aliphatic carbocycles. The summed E-state index contributed by atoms with van der Waals surface area (Å²) in [7, 11) is -5.72. The van der Waals surface area contributed by atoms with Crippen molar-refractivity contribution in [3.8, 4) is 0 Å². The number of anilines is 2. The lowest BCUT2D eigenvalue weighted by Gasteiger charge is -2.19. The maximum Gasteiger partial charge on any atom is 0.262 e. The van der Waals surface area contributed by atoms with Crippen LogP contribution in [0.15, 0.2) is 57.7 Å². The summed E-state index contributed by atoms with van der Waals surface area (Å²) < 4.78 is 57.2. The lowest BCUT2D eigenvalue weighted by molar-refractivity contribution is 0.599. The molecule has 1 heterocycles. The van der Waals surface area contributed by atoms with E-state index in [2.05, 4.69) is 14.4 Å². The summed E-state index contributed by atoms with van der Waals surface area (Å²) in [4.78, 5) is 5.01. The molecule has 0 fully saturated rings. The number of aromatic nitrogens is 2. The number of rotatable bonds is 7. The molecule has 3 aromatic rings. The van der Waals surface area contributed by atoms with Gasteiger partial charge in [0.15, 0.2) is 5.16 Å². The molecule has 2 aromatic carbocycles. The zero-order valence-electron chi connectivity index (χ0n) is 17.8. The molecule has 3 rings (SSSR count). The third kappa shape index (κ3) is 5.23. The molecule has 0 saturated carbocycles. The number of aryl methyl sites for hydroxylation is 3. The largest absolute Gasteiger partial charge is 0.329 e. The van der Waals surface area contributed by atoms with Crippen molar-refractivity contribution in [3.63, 3.8) is 0 Å². The van der Waals surface area contributed by atoms with Gasteiger partial charge in [-0.3, -0.25) is 9.44 Å². The molecule has 0 spiro atoms. The molecule has 31 heavy (non-hydrogen) atoms. The van der Waals surface area contributed by atoms with Crippen molar-refractivity contribution in [2.75, 3.05) is 15.7 Å². The van der Waals surface area contributed by atoms with E-state index >= 15 is 0 Å². The zero-order valence-corrected chi connectivity index (χ0v) is 20.2. The molecule has 0 radical (unpaired) electrons. The third-order valence-electron chi connectivity index (χ3n) is 4.57. The Morgan fingerprint density at radius 3 is 2.29 bits per heavy atom. The minimum Gasteiger partial charge on any atom is -0.329 e. The van der Waals surface area contributed by atoms with Crippen LogP contribution in [0.3, 0.4) is 0 Å². The average molecular weight is 481 g/mol. The summed E-state index contributed by atoms with van der Waals surface area (Å²) in [5.74, 6) is 0. The van der Waals surface area contributed by atoms with Gasteiger partial charge in [0, 0.05) is 24.3 Å². The standard InChI is InChI=1S/C20H24N4O4S3/c1-13-12-14(2)19(15(3)18(13)23-30(5,25)26)31(27,28)22-16-8-6-7-9-17(16)29-20-21-10-11-24(20)4/h6-12,22-23H,1-5H3. The number of benzene rings is 2. The molecule has 1 aromatic heterocycles. The number of imidazole rings is 1. The van der Waals surface area contributed by atoms with E-state index in [1.54, 1.807) is 45.2 Å². The Morgan fingerprint density at radius 2 is 1.68 bits per heavy atom. The topological polar surface area (TPSA) is 110 Å². The van der Waals surface area contributed by atoms with Crippen LogP contribution in [0, 0.1) is 20.8 Å². The summed E-state index contributed by atoms with van der Waals surface area (Å²) in [6.45, 7) is 5.01. The zero-order chi connectivity index (χ0) is 23.0. The van der Waals surface area contributed by atoms with Crippen molar-refractivity contribution < 1.29 is 16.8 Å². The molecule has 166 valence electrons. The molecule has 0 atom stereocenters. The minimum absolute atomic E-state index is 0.0426. The Bertz CT molecular complexity index is 1350. The molecule has 2 N–H and O–H groups in total. The summed E-state index contributed by atoms with van der Waals surface area (Å²) in [6, 6.07) is 8.70. The Morgan fingerprint density at radius 1 is 1.00 bits per heavy atom. The maximum atomic E-state index is 13.4. The third-order valence-corrected chi connectivity index (χ3v) is 7.95. The molecule has 0 amide bonds. The van der Waals surface area contributed by atoms with Crippen LogP contribution >= 0.6 is 11.8 Å². The molecular weight excluding hydrogens is 456 g/mol. The van der Waals surface area contributed by atoms with Gasteiger partial charge in [0.1, 0.15) is 0 Å². The van der Waals surface area contributed by atoms with Gasteiger partial charge in [-0.25, -0.2) is 21.8 Å². The van der Waals surface area contributed by atoms with Crippen LogP contribution in [0.4, 0.5) is 11.4 Å². The van der Waals surface area contributed by atoms with Crippen LogP contribution in [0.25, 0.3) is 0 Å². The van der Waals surface area contributed by atoms with Crippen LogP contribution in [0.2, 0.25) is 0 Å². The highest BCUT2D eigenvalue weighted by molar-refractivity contribution is 7.99. The first kappa shape index (κ1) is 23.2. The highest BCUT2D eigenvalue weighted by atomic mass is 32.2. The Balaban J connectivity index is 2.05. The van der Waals surface area contributed by atoms with Gasteiger partial charge in [0.05, 0.1) is 22.5 Å². The molecule has 11 heteroatoms. The lowest BCUT2D eigenvalue weighted by Crippen LogP contribution is -2.19. The Labute approximate surface area is 187 Å². The first-order chi connectivity index (χ1) is 14.4. The van der Waals surface area contributed by atoms with Gasteiger partial charge in [-0.2, -0.15) is 0 Å². The van der Waals surface area contributed by atoms with Gasteiger partial charge in [0.25, 0.3) is 10.0 Å². The van der Waals surface area contributed by atoms with Gasteiger partial charge in [-0.05, 0) is 61.4 Å².